The van der Waals surface area contributed by atoms with Gasteiger partial charge < -0.3 is 10.1 Å². The van der Waals surface area contributed by atoms with Crippen LogP contribution in [0.2, 0.25) is 5.02 Å². The van der Waals surface area contributed by atoms with E-state index >= 15 is 0 Å². The van der Waals surface area contributed by atoms with Gasteiger partial charge in [-0.25, -0.2) is 9.97 Å². The van der Waals surface area contributed by atoms with Gasteiger partial charge in [-0.3, -0.25) is 0 Å². The molecule has 112 valence electrons. The molecule has 1 aromatic heterocycles. The van der Waals surface area contributed by atoms with E-state index in [4.69, 9.17) is 16.3 Å². The lowest BCUT2D eigenvalue weighted by Crippen LogP contribution is -2.10. The zero-order valence-electron chi connectivity index (χ0n) is 12.2. The van der Waals surface area contributed by atoms with Gasteiger partial charge in [0.05, 0.1) is 12.1 Å². The minimum atomic E-state index is 0.611. The molecule has 22 heavy (non-hydrogen) atoms. The predicted molar refractivity (Wildman–Crippen MR) is 90.3 cm³/mol. The SMILES string of the molecule is COCCNc1nc(-c2ccccc2)nc2cc(Cl)ccc12. The normalized spacial score (nSPS) is 10.8. The molecule has 0 radical (unpaired) electrons. The minimum Gasteiger partial charge on any atom is -0.383 e. The molecule has 2 aromatic carbocycles. The third kappa shape index (κ3) is 3.18. The Hall–Kier alpha value is -2.17. The number of methoxy groups -OCH3 is 1. The summed E-state index contributed by atoms with van der Waals surface area (Å²) in [6.45, 7) is 1.29. The summed E-state index contributed by atoms with van der Waals surface area (Å²) in [5.74, 6) is 1.47. The summed E-state index contributed by atoms with van der Waals surface area (Å²) < 4.78 is 5.08. The van der Waals surface area contributed by atoms with E-state index in [0.29, 0.717) is 24.0 Å². The highest BCUT2D eigenvalue weighted by Gasteiger charge is 2.09. The molecule has 0 aliphatic heterocycles. The van der Waals surface area contributed by atoms with Crippen LogP contribution in [0.1, 0.15) is 0 Å². The Morgan fingerprint density at radius 2 is 1.91 bits per heavy atom. The Balaban J connectivity index is 2.10. The second-order valence-corrected chi connectivity index (χ2v) is 5.28. The van der Waals surface area contributed by atoms with Crippen molar-refractivity contribution in [1.82, 2.24) is 9.97 Å². The van der Waals surface area contributed by atoms with E-state index < -0.39 is 0 Å². The zero-order chi connectivity index (χ0) is 15.4. The van der Waals surface area contributed by atoms with E-state index in [-0.39, 0.29) is 0 Å². The summed E-state index contributed by atoms with van der Waals surface area (Å²) in [7, 11) is 1.68. The van der Waals surface area contributed by atoms with Crippen molar-refractivity contribution in [3.8, 4) is 11.4 Å². The van der Waals surface area contributed by atoms with Gasteiger partial charge in [0, 0.05) is 29.6 Å². The number of halogens is 1. The molecule has 0 unspecified atom stereocenters. The molecule has 0 atom stereocenters. The van der Waals surface area contributed by atoms with Crippen LogP contribution in [0.4, 0.5) is 5.82 Å². The van der Waals surface area contributed by atoms with Gasteiger partial charge in [0.15, 0.2) is 5.82 Å². The largest absolute Gasteiger partial charge is 0.383 e. The number of hydrogen-bond acceptors (Lipinski definition) is 4. The first-order chi connectivity index (χ1) is 10.8. The lowest BCUT2D eigenvalue weighted by atomic mass is 10.2. The smallest absolute Gasteiger partial charge is 0.162 e. The number of rotatable bonds is 5. The number of nitrogens with one attached hydrogen (secondary N) is 1. The number of anilines is 1. The fourth-order valence-corrected chi connectivity index (χ4v) is 2.39. The third-order valence-electron chi connectivity index (χ3n) is 3.29. The number of aromatic nitrogens is 2. The summed E-state index contributed by atoms with van der Waals surface area (Å²) in [6, 6.07) is 15.5. The lowest BCUT2D eigenvalue weighted by Gasteiger charge is -2.11. The van der Waals surface area contributed by atoms with E-state index in [0.717, 1.165) is 22.3 Å². The molecule has 0 saturated carbocycles. The monoisotopic (exact) mass is 313 g/mol. The number of ether oxygens (including phenoxy) is 1. The van der Waals surface area contributed by atoms with Crippen molar-refractivity contribution in [2.24, 2.45) is 0 Å². The maximum atomic E-state index is 6.10. The quantitative estimate of drug-likeness (QED) is 0.723. The Morgan fingerprint density at radius 3 is 2.68 bits per heavy atom. The number of benzene rings is 2. The predicted octanol–water partition coefficient (Wildman–Crippen LogP) is 4.01. The maximum absolute atomic E-state index is 6.10. The van der Waals surface area contributed by atoms with E-state index in [9.17, 15) is 0 Å². The first-order valence-electron chi connectivity index (χ1n) is 7.03. The summed E-state index contributed by atoms with van der Waals surface area (Å²) in [5.41, 5.74) is 1.79. The molecule has 3 rings (SSSR count). The highest BCUT2D eigenvalue weighted by molar-refractivity contribution is 6.31. The summed E-state index contributed by atoms with van der Waals surface area (Å²) in [6.07, 6.45) is 0. The molecule has 0 bridgehead atoms. The van der Waals surface area contributed by atoms with Crippen molar-refractivity contribution in [3.05, 3.63) is 53.6 Å². The number of fused-ring (bicyclic) bond motifs is 1. The molecule has 4 nitrogen and oxygen atoms in total. The molecule has 1 N–H and O–H groups in total. The molecule has 3 aromatic rings. The van der Waals surface area contributed by atoms with Gasteiger partial charge in [-0.2, -0.15) is 0 Å². The van der Waals surface area contributed by atoms with Gasteiger partial charge in [-0.05, 0) is 18.2 Å². The van der Waals surface area contributed by atoms with Crippen LogP contribution in [-0.2, 0) is 4.74 Å². The molecule has 0 fully saturated rings. The van der Waals surface area contributed by atoms with Crippen LogP contribution in [-0.4, -0.2) is 30.2 Å². The van der Waals surface area contributed by atoms with Gasteiger partial charge in [-0.1, -0.05) is 41.9 Å². The second-order valence-electron chi connectivity index (χ2n) is 4.84. The first kappa shape index (κ1) is 14.8. The Morgan fingerprint density at radius 1 is 1.09 bits per heavy atom. The van der Waals surface area contributed by atoms with E-state index in [1.54, 1.807) is 7.11 Å². The first-order valence-corrected chi connectivity index (χ1v) is 7.41. The summed E-state index contributed by atoms with van der Waals surface area (Å²) in [5, 5.41) is 4.90. The molecule has 1 heterocycles. The van der Waals surface area contributed by atoms with Crippen LogP contribution in [0.15, 0.2) is 48.5 Å². The molecule has 0 aliphatic rings. The molecule has 0 spiro atoms. The number of hydrogen-bond donors (Lipinski definition) is 1. The Bertz CT molecular complexity index is 777. The van der Waals surface area contributed by atoms with Gasteiger partial charge >= 0.3 is 0 Å². The lowest BCUT2D eigenvalue weighted by molar-refractivity contribution is 0.210. The van der Waals surface area contributed by atoms with Crippen LogP contribution >= 0.6 is 11.6 Å². The van der Waals surface area contributed by atoms with Gasteiger partial charge in [0.2, 0.25) is 0 Å². The van der Waals surface area contributed by atoms with Crippen molar-refractivity contribution in [3.63, 3.8) is 0 Å². The molecule has 0 amide bonds. The van der Waals surface area contributed by atoms with Crippen LogP contribution in [0.5, 0.6) is 0 Å². The fourth-order valence-electron chi connectivity index (χ4n) is 2.23. The summed E-state index contributed by atoms with van der Waals surface area (Å²) >= 11 is 6.10. The van der Waals surface area contributed by atoms with Crippen LogP contribution < -0.4 is 5.32 Å². The minimum absolute atomic E-state index is 0.611. The molecule has 0 aliphatic carbocycles. The van der Waals surface area contributed by atoms with Crippen molar-refractivity contribution < 1.29 is 4.74 Å². The number of nitrogens with zero attached hydrogens (tertiary/aromatic N) is 2. The van der Waals surface area contributed by atoms with Crippen molar-refractivity contribution in [2.75, 3.05) is 25.6 Å². The Kier molecular flexibility index (Phi) is 4.51. The van der Waals surface area contributed by atoms with Crippen molar-refractivity contribution >= 4 is 28.3 Å². The van der Waals surface area contributed by atoms with Gasteiger partial charge in [0.1, 0.15) is 5.82 Å². The maximum Gasteiger partial charge on any atom is 0.162 e. The standard InChI is InChI=1S/C17H16ClN3O/c1-22-10-9-19-17-14-8-7-13(18)11-15(14)20-16(21-17)12-5-3-2-4-6-12/h2-8,11H,9-10H2,1H3,(H,19,20,21). The molecular formula is C17H16ClN3O. The third-order valence-corrected chi connectivity index (χ3v) is 3.52. The van der Waals surface area contributed by atoms with Crippen molar-refractivity contribution in [1.29, 1.82) is 0 Å². The van der Waals surface area contributed by atoms with Crippen LogP contribution in [0.3, 0.4) is 0 Å². The molecule has 0 saturated heterocycles. The van der Waals surface area contributed by atoms with Gasteiger partial charge in [0.25, 0.3) is 0 Å². The van der Waals surface area contributed by atoms with E-state index in [1.807, 2.05) is 48.5 Å². The average Bonchev–Trinajstić information content (AvgIpc) is 2.55. The summed E-state index contributed by atoms with van der Waals surface area (Å²) in [4.78, 5) is 9.28. The fraction of sp³-hybridized carbons (Fsp3) is 0.176. The highest BCUT2D eigenvalue weighted by atomic mass is 35.5. The van der Waals surface area contributed by atoms with E-state index in [2.05, 4.69) is 15.3 Å². The van der Waals surface area contributed by atoms with E-state index in [1.165, 1.54) is 0 Å². The molecule has 5 heteroatoms. The zero-order valence-corrected chi connectivity index (χ0v) is 13.0. The topological polar surface area (TPSA) is 47.0 Å². The average molecular weight is 314 g/mol. The Labute approximate surface area is 134 Å². The van der Waals surface area contributed by atoms with Gasteiger partial charge in [-0.15, -0.1) is 0 Å². The van der Waals surface area contributed by atoms with Crippen LogP contribution in [0, 0.1) is 0 Å². The second kappa shape index (κ2) is 6.73. The van der Waals surface area contributed by atoms with Crippen LogP contribution in [0.25, 0.3) is 22.3 Å². The van der Waals surface area contributed by atoms with Crippen molar-refractivity contribution in [2.45, 2.75) is 0 Å². The molecular weight excluding hydrogens is 298 g/mol. The highest BCUT2D eigenvalue weighted by Crippen LogP contribution is 2.26.